The highest BCUT2D eigenvalue weighted by Gasteiger charge is 2.45. The minimum absolute atomic E-state index is 0.00813. The molecule has 0 aliphatic carbocycles. The molecule has 5 rings (SSSR count). The Bertz CT molecular complexity index is 1420. The van der Waals surface area contributed by atoms with E-state index in [0.29, 0.717) is 22.8 Å². The van der Waals surface area contributed by atoms with Gasteiger partial charge in [0.15, 0.2) is 5.82 Å². The molecule has 2 N–H and O–H groups in total. The lowest BCUT2D eigenvalue weighted by atomic mass is 10.0. The average molecular weight is 485 g/mol. The second-order valence-electron chi connectivity index (χ2n) is 8.37. The summed E-state index contributed by atoms with van der Waals surface area (Å²) < 4.78 is 0. The number of hydrogen-bond acceptors (Lipinski definition) is 9. The predicted octanol–water partition coefficient (Wildman–Crippen LogP) is 0.824. The van der Waals surface area contributed by atoms with E-state index in [0.717, 1.165) is 4.90 Å². The second-order valence-corrected chi connectivity index (χ2v) is 8.37. The Kier molecular flexibility index (Phi) is 5.76. The van der Waals surface area contributed by atoms with E-state index in [2.05, 4.69) is 31.0 Å². The third-order valence-electron chi connectivity index (χ3n) is 5.90. The molecule has 2 aromatic carbocycles. The molecule has 3 heterocycles. The minimum Gasteiger partial charge on any atom is -0.325 e. The van der Waals surface area contributed by atoms with Crippen molar-refractivity contribution in [3.05, 3.63) is 65.0 Å². The Hall–Kier alpha value is -4.87. The summed E-state index contributed by atoms with van der Waals surface area (Å²) in [6, 6.07) is 10.4. The number of hydrogen-bond donors (Lipinski definition) is 2. The van der Waals surface area contributed by atoms with Crippen molar-refractivity contribution in [2.75, 3.05) is 5.32 Å². The summed E-state index contributed by atoms with van der Waals surface area (Å²) in [5.41, 5.74) is 1.68. The molecule has 0 radical (unpaired) electrons. The van der Waals surface area contributed by atoms with Gasteiger partial charge >= 0.3 is 0 Å². The molecule has 1 aromatic heterocycles. The smallest absolute Gasteiger partial charge is 0.264 e. The van der Waals surface area contributed by atoms with Crippen molar-refractivity contribution in [3.63, 3.8) is 0 Å². The van der Waals surface area contributed by atoms with E-state index >= 15 is 0 Å². The summed E-state index contributed by atoms with van der Waals surface area (Å²) in [5, 5.41) is 20.6. The van der Waals surface area contributed by atoms with Gasteiger partial charge in [0.25, 0.3) is 11.8 Å². The Morgan fingerprint density at radius 3 is 2.42 bits per heavy atom. The number of carbonyl (C=O) groups is 5. The summed E-state index contributed by atoms with van der Waals surface area (Å²) in [4.78, 5) is 63.4. The molecule has 1 saturated heterocycles. The van der Waals surface area contributed by atoms with Crippen LogP contribution in [0.5, 0.6) is 0 Å². The molecule has 180 valence electrons. The van der Waals surface area contributed by atoms with Gasteiger partial charge in [-0.3, -0.25) is 34.2 Å². The summed E-state index contributed by atoms with van der Waals surface area (Å²) in [6.07, 6.45) is 0.0804. The number of piperidine rings is 1. The SMILES string of the molecule is Cc1nnc(-c2ccc(CC(=O)Nc3cccc4c3C(=O)N(C3CCC(=O)NC3=O)C4=O)cc2)nn1. The summed E-state index contributed by atoms with van der Waals surface area (Å²) in [5.74, 6) is -2.06. The lowest BCUT2D eigenvalue weighted by molar-refractivity contribution is -0.136. The number of fused-ring (bicyclic) bond motifs is 1. The van der Waals surface area contributed by atoms with Crippen LogP contribution in [0.1, 0.15) is 44.9 Å². The Morgan fingerprint density at radius 1 is 1.00 bits per heavy atom. The van der Waals surface area contributed by atoms with Crippen LogP contribution in [0.4, 0.5) is 5.69 Å². The maximum atomic E-state index is 13.2. The molecule has 12 nitrogen and oxygen atoms in total. The van der Waals surface area contributed by atoms with E-state index in [-0.39, 0.29) is 36.1 Å². The lowest BCUT2D eigenvalue weighted by Gasteiger charge is -2.27. The van der Waals surface area contributed by atoms with E-state index in [1.807, 2.05) is 0 Å². The first-order chi connectivity index (χ1) is 17.3. The maximum absolute atomic E-state index is 13.2. The Labute approximate surface area is 204 Å². The van der Waals surface area contributed by atoms with Gasteiger partial charge in [-0.15, -0.1) is 20.4 Å². The number of carbonyl (C=O) groups excluding carboxylic acids is 5. The molecular weight excluding hydrogens is 466 g/mol. The van der Waals surface area contributed by atoms with Crippen LogP contribution >= 0.6 is 0 Å². The van der Waals surface area contributed by atoms with Crippen LogP contribution in [0, 0.1) is 6.92 Å². The van der Waals surface area contributed by atoms with Gasteiger partial charge in [-0.05, 0) is 31.0 Å². The number of aromatic nitrogens is 4. The molecule has 36 heavy (non-hydrogen) atoms. The van der Waals surface area contributed by atoms with Gasteiger partial charge in [0.05, 0.1) is 23.2 Å². The molecule has 1 atom stereocenters. The Morgan fingerprint density at radius 2 is 1.72 bits per heavy atom. The van der Waals surface area contributed by atoms with Gasteiger partial charge in [0, 0.05) is 12.0 Å². The summed E-state index contributed by atoms with van der Waals surface area (Å²) >= 11 is 0. The molecule has 0 spiro atoms. The number of amides is 5. The standard InChI is InChI=1S/C24H19N7O5/c1-12-27-29-21(30-28-12)14-7-5-13(6-8-14)11-19(33)25-16-4-2-3-15-20(16)24(36)31(23(15)35)17-9-10-18(32)26-22(17)34/h2-8,17H,9-11H2,1H3,(H,25,33)(H,26,32,34). The van der Waals surface area contributed by atoms with E-state index < -0.39 is 35.6 Å². The number of rotatable bonds is 5. The van der Waals surface area contributed by atoms with Gasteiger partial charge < -0.3 is 5.32 Å². The van der Waals surface area contributed by atoms with Crippen LogP contribution < -0.4 is 10.6 Å². The third-order valence-corrected chi connectivity index (χ3v) is 5.90. The van der Waals surface area contributed by atoms with E-state index in [9.17, 15) is 24.0 Å². The number of anilines is 1. The topological polar surface area (TPSA) is 164 Å². The quantitative estimate of drug-likeness (QED) is 0.498. The van der Waals surface area contributed by atoms with Gasteiger partial charge in [0.1, 0.15) is 6.04 Å². The van der Waals surface area contributed by atoms with Crippen molar-refractivity contribution in [1.29, 1.82) is 0 Å². The van der Waals surface area contributed by atoms with Crippen LogP contribution in [0.2, 0.25) is 0 Å². The number of nitrogens with one attached hydrogen (secondary N) is 2. The van der Waals surface area contributed by atoms with Crippen molar-refractivity contribution < 1.29 is 24.0 Å². The molecular formula is C24H19N7O5. The van der Waals surface area contributed by atoms with Crippen molar-refractivity contribution in [3.8, 4) is 11.4 Å². The maximum Gasteiger partial charge on any atom is 0.264 e. The largest absolute Gasteiger partial charge is 0.325 e. The molecule has 12 heteroatoms. The first kappa shape index (κ1) is 22.9. The molecule has 1 unspecified atom stereocenters. The minimum atomic E-state index is -1.08. The van der Waals surface area contributed by atoms with E-state index in [1.54, 1.807) is 37.3 Å². The highest BCUT2D eigenvalue weighted by molar-refractivity contribution is 6.26. The van der Waals surface area contributed by atoms with Crippen LogP contribution in [0.15, 0.2) is 42.5 Å². The van der Waals surface area contributed by atoms with Crippen molar-refractivity contribution in [2.24, 2.45) is 0 Å². The zero-order valence-electron chi connectivity index (χ0n) is 19.0. The number of benzene rings is 2. The molecule has 3 aromatic rings. The molecule has 0 bridgehead atoms. The third kappa shape index (κ3) is 4.19. The van der Waals surface area contributed by atoms with Crippen LogP contribution in [0.3, 0.4) is 0 Å². The monoisotopic (exact) mass is 485 g/mol. The second kappa shape index (κ2) is 9.06. The number of nitrogens with zero attached hydrogens (tertiary/aromatic N) is 5. The first-order valence-corrected chi connectivity index (χ1v) is 11.1. The molecule has 1 fully saturated rings. The Balaban J connectivity index is 1.31. The zero-order chi connectivity index (χ0) is 25.4. The molecule has 5 amide bonds. The van der Waals surface area contributed by atoms with Crippen LogP contribution in [-0.2, 0) is 20.8 Å². The summed E-state index contributed by atoms with van der Waals surface area (Å²) in [6.45, 7) is 1.68. The van der Waals surface area contributed by atoms with E-state index in [1.165, 1.54) is 12.1 Å². The molecule has 2 aliphatic rings. The fourth-order valence-corrected chi connectivity index (χ4v) is 4.17. The fraction of sp³-hybridized carbons (Fsp3) is 0.208. The van der Waals surface area contributed by atoms with Crippen LogP contribution in [0.25, 0.3) is 11.4 Å². The van der Waals surface area contributed by atoms with Gasteiger partial charge in [0.2, 0.25) is 23.5 Å². The van der Waals surface area contributed by atoms with Crippen molar-refractivity contribution >= 4 is 35.2 Å². The fourth-order valence-electron chi connectivity index (χ4n) is 4.17. The predicted molar refractivity (Wildman–Crippen MR) is 123 cm³/mol. The summed E-state index contributed by atoms with van der Waals surface area (Å²) in [7, 11) is 0. The lowest BCUT2D eigenvalue weighted by Crippen LogP contribution is -2.54. The average Bonchev–Trinajstić information content (AvgIpc) is 3.11. The molecule has 0 saturated carbocycles. The number of aryl methyl sites for hydroxylation is 1. The highest BCUT2D eigenvalue weighted by atomic mass is 16.2. The van der Waals surface area contributed by atoms with Gasteiger partial charge in [-0.2, -0.15) is 0 Å². The zero-order valence-corrected chi connectivity index (χ0v) is 19.0. The number of imide groups is 2. The highest BCUT2D eigenvalue weighted by Crippen LogP contribution is 2.32. The van der Waals surface area contributed by atoms with Crippen LogP contribution in [-0.4, -0.2) is 60.9 Å². The normalized spacial score (nSPS) is 17.1. The van der Waals surface area contributed by atoms with Crippen molar-refractivity contribution in [2.45, 2.75) is 32.2 Å². The van der Waals surface area contributed by atoms with Gasteiger partial charge in [-0.1, -0.05) is 30.3 Å². The first-order valence-electron chi connectivity index (χ1n) is 11.1. The van der Waals surface area contributed by atoms with Gasteiger partial charge in [-0.25, -0.2) is 0 Å². The van der Waals surface area contributed by atoms with E-state index in [4.69, 9.17) is 0 Å². The molecule has 2 aliphatic heterocycles. The van der Waals surface area contributed by atoms with Crippen molar-refractivity contribution in [1.82, 2.24) is 30.6 Å².